The second kappa shape index (κ2) is 7.37. The number of amides is 1. The molecule has 0 saturated carbocycles. The van der Waals surface area contributed by atoms with Gasteiger partial charge >= 0.3 is 5.97 Å². The van der Waals surface area contributed by atoms with Crippen molar-refractivity contribution in [3.63, 3.8) is 0 Å². The molecule has 10 heteroatoms. The van der Waals surface area contributed by atoms with Crippen LogP contribution in [0.25, 0.3) is 0 Å². The Morgan fingerprint density at radius 3 is 2.67 bits per heavy atom. The average Bonchev–Trinajstić information content (AvgIpc) is 2.98. The van der Waals surface area contributed by atoms with Crippen molar-refractivity contribution in [1.82, 2.24) is 5.32 Å². The molecule has 0 spiro atoms. The maximum atomic E-state index is 14.1. The summed E-state index contributed by atoms with van der Waals surface area (Å²) in [4.78, 5) is 33.9. The number of nitro groups is 1. The highest BCUT2D eigenvalue weighted by Crippen LogP contribution is 2.25. The van der Waals surface area contributed by atoms with Crippen molar-refractivity contribution in [1.29, 1.82) is 0 Å². The van der Waals surface area contributed by atoms with Gasteiger partial charge in [0, 0.05) is 6.07 Å². The molecule has 1 amide bonds. The summed E-state index contributed by atoms with van der Waals surface area (Å²) < 4.78 is 19.0. The van der Waals surface area contributed by atoms with E-state index in [-0.39, 0.29) is 16.0 Å². The monoisotopic (exact) mass is 372 g/mol. The minimum Gasteiger partial charge on any atom is -0.465 e. The summed E-state index contributed by atoms with van der Waals surface area (Å²) in [6, 6.07) is 4.73. The van der Waals surface area contributed by atoms with E-state index in [9.17, 15) is 24.1 Å². The summed E-state index contributed by atoms with van der Waals surface area (Å²) in [5.74, 6) is -2.44. The molecule has 24 heavy (non-hydrogen) atoms. The summed E-state index contributed by atoms with van der Waals surface area (Å²) in [5.41, 5.74) is -1.26. The number of carbonyl (C=O) groups excluding carboxylic acids is 2. The highest BCUT2D eigenvalue weighted by Gasteiger charge is 2.23. The van der Waals surface area contributed by atoms with Gasteiger partial charge in [0.05, 0.1) is 38.9 Å². The fourth-order valence-corrected chi connectivity index (χ4v) is 2.85. The van der Waals surface area contributed by atoms with E-state index in [1.54, 1.807) is 0 Å². The van der Waals surface area contributed by atoms with Crippen LogP contribution in [0.2, 0.25) is 4.34 Å². The molecule has 0 aliphatic carbocycles. The van der Waals surface area contributed by atoms with Gasteiger partial charge < -0.3 is 10.1 Å². The number of halogens is 2. The number of nitrogens with one attached hydrogen (secondary N) is 1. The predicted octanol–water partition coefficient (Wildman–Crippen LogP) is 3.17. The molecule has 0 aliphatic heterocycles. The van der Waals surface area contributed by atoms with E-state index in [2.05, 4.69) is 10.1 Å². The van der Waals surface area contributed by atoms with E-state index < -0.39 is 34.8 Å². The Hall–Kier alpha value is -2.52. The number of methoxy groups -OCH3 is 1. The number of nitro benzene ring substituents is 1. The molecule has 1 aromatic heterocycles. The first-order valence-corrected chi connectivity index (χ1v) is 7.61. The highest BCUT2D eigenvalue weighted by atomic mass is 35.5. The Labute approximate surface area is 144 Å². The van der Waals surface area contributed by atoms with Crippen LogP contribution in [0.5, 0.6) is 0 Å². The molecule has 0 fully saturated rings. The number of carbonyl (C=O) groups is 2. The summed E-state index contributed by atoms with van der Waals surface area (Å²) in [6.45, 7) is -0.419. The molecule has 126 valence electrons. The summed E-state index contributed by atoms with van der Waals surface area (Å²) in [7, 11) is 1.08. The lowest BCUT2D eigenvalue weighted by atomic mass is 10.1. The second-order valence-electron chi connectivity index (χ2n) is 4.49. The number of benzene rings is 1. The van der Waals surface area contributed by atoms with Gasteiger partial charge in [0.1, 0.15) is 5.82 Å². The van der Waals surface area contributed by atoms with Crippen molar-refractivity contribution in [2.45, 2.75) is 6.54 Å². The van der Waals surface area contributed by atoms with Crippen LogP contribution in [-0.4, -0.2) is 23.9 Å². The number of thiophene rings is 1. The average molecular weight is 373 g/mol. The van der Waals surface area contributed by atoms with Crippen LogP contribution in [-0.2, 0) is 11.3 Å². The quantitative estimate of drug-likeness (QED) is 0.493. The molecular weight excluding hydrogens is 363 g/mol. The van der Waals surface area contributed by atoms with Gasteiger partial charge in [0.25, 0.3) is 11.6 Å². The number of nitrogens with zero attached hydrogens (tertiary/aromatic N) is 1. The van der Waals surface area contributed by atoms with Gasteiger partial charge in [-0.05, 0) is 18.2 Å². The second-order valence-corrected chi connectivity index (χ2v) is 6.21. The summed E-state index contributed by atoms with van der Waals surface area (Å²) in [6.07, 6.45) is 0. The Kier molecular flexibility index (Phi) is 5.47. The molecule has 2 aromatic rings. The van der Waals surface area contributed by atoms with Gasteiger partial charge in [0.15, 0.2) is 0 Å². The molecule has 0 bridgehead atoms. The third kappa shape index (κ3) is 3.87. The van der Waals surface area contributed by atoms with E-state index in [4.69, 9.17) is 11.6 Å². The molecule has 0 radical (unpaired) electrons. The normalized spacial score (nSPS) is 10.3. The van der Waals surface area contributed by atoms with Gasteiger partial charge in [-0.1, -0.05) is 11.6 Å². The number of ether oxygens (including phenoxy) is 1. The minimum absolute atomic E-state index is 0.286. The Balaban J connectivity index is 2.27. The lowest BCUT2D eigenvalue weighted by Gasteiger charge is -2.08. The molecule has 1 heterocycles. The van der Waals surface area contributed by atoms with E-state index in [1.165, 1.54) is 12.1 Å². The summed E-state index contributed by atoms with van der Waals surface area (Å²) >= 11 is 6.74. The number of hydrogen-bond acceptors (Lipinski definition) is 6. The van der Waals surface area contributed by atoms with Crippen molar-refractivity contribution in [2.75, 3.05) is 7.11 Å². The Morgan fingerprint density at radius 2 is 2.12 bits per heavy atom. The van der Waals surface area contributed by atoms with Crippen molar-refractivity contribution in [2.24, 2.45) is 0 Å². The number of esters is 1. The smallest absolute Gasteiger partial charge is 0.338 e. The SMILES string of the molecule is COC(=O)c1cc(F)c(CNC(=O)c2ccc(Cl)s2)c([N+](=O)[O-])c1. The number of hydrogen-bond donors (Lipinski definition) is 1. The molecule has 7 nitrogen and oxygen atoms in total. The largest absolute Gasteiger partial charge is 0.465 e. The fourth-order valence-electron chi connectivity index (χ4n) is 1.89. The molecule has 2 rings (SSSR count). The zero-order valence-corrected chi connectivity index (χ0v) is 13.7. The molecule has 0 unspecified atom stereocenters. The first kappa shape index (κ1) is 17.8. The van der Waals surface area contributed by atoms with Crippen LogP contribution in [0.4, 0.5) is 10.1 Å². The minimum atomic E-state index is -0.992. The Bertz CT molecular complexity index is 823. The van der Waals surface area contributed by atoms with Crippen LogP contribution in [0.15, 0.2) is 24.3 Å². The topological polar surface area (TPSA) is 98.5 Å². The third-order valence-electron chi connectivity index (χ3n) is 3.01. The van der Waals surface area contributed by atoms with Gasteiger partial charge in [-0.25, -0.2) is 9.18 Å². The first-order valence-electron chi connectivity index (χ1n) is 6.42. The maximum absolute atomic E-state index is 14.1. The first-order chi connectivity index (χ1) is 11.3. The lowest BCUT2D eigenvalue weighted by molar-refractivity contribution is -0.385. The van der Waals surface area contributed by atoms with E-state index in [0.29, 0.717) is 4.34 Å². The van der Waals surface area contributed by atoms with Crippen LogP contribution in [0, 0.1) is 15.9 Å². The van der Waals surface area contributed by atoms with Crippen molar-refractivity contribution in [3.05, 3.63) is 60.5 Å². The molecular formula is C14H10ClFN2O5S. The van der Waals surface area contributed by atoms with Crippen LogP contribution < -0.4 is 5.32 Å². The molecule has 0 aliphatic rings. The van der Waals surface area contributed by atoms with Crippen LogP contribution >= 0.6 is 22.9 Å². The number of rotatable bonds is 5. The molecule has 1 N–H and O–H groups in total. The Morgan fingerprint density at radius 1 is 1.42 bits per heavy atom. The molecule has 0 atom stereocenters. The van der Waals surface area contributed by atoms with Crippen molar-refractivity contribution >= 4 is 40.5 Å². The van der Waals surface area contributed by atoms with Gasteiger partial charge in [-0.15, -0.1) is 11.3 Å². The lowest BCUT2D eigenvalue weighted by Crippen LogP contribution is -2.23. The van der Waals surface area contributed by atoms with Crippen molar-refractivity contribution in [3.8, 4) is 0 Å². The van der Waals surface area contributed by atoms with Crippen LogP contribution in [0.1, 0.15) is 25.6 Å². The highest BCUT2D eigenvalue weighted by molar-refractivity contribution is 7.17. The molecule has 0 saturated heterocycles. The van der Waals surface area contributed by atoms with Gasteiger partial charge in [0.2, 0.25) is 0 Å². The molecule has 1 aromatic carbocycles. The third-order valence-corrected chi connectivity index (χ3v) is 4.24. The van der Waals surface area contributed by atoms with E-state index in [0.717, 1.165) is 30.6 Å². The van der Waals surface area contributed by atoms with E-state index >= 15 is 0 Å². The van der Waals surface area contributed by atoms with Gasteiger partial charge in [-0.3, -0.25) is 14.9 Å². The van der Waals surface area contributed by atoms with Crippen molar-refractivity contribution < 1.29 is 23.6 Å². The fraction of sp³-hybridized carbons (Fsp3) is 0.143. The zero-order valence-electron chi connectivity index (χ0n) is 12.2. The van der Waals surface area contributed by atoms with E-state index in [1.807, 2.05) is 0 Å². The zero-order chi connectivity index (χ0) is 17.9. The predicted molar refractivity (Wildman–Crippen MR) is 84.9 cm³/mol. The standard InChI is InChI=1S/C14H10ClFN2O5S/c1-23-14(20)7-4-9(16)8(10(5-7)18(21)22)6-17-13(19)11-2-3-12(15)24-11/h2-5H,6H2,1H3,(H,17,19). The van der Waals surface area contributed by atoms with Crippen LogP contribution in [0.3, 0.4) is 0 Å². The summed E-state index contributed by atoms with van der Waals surface area (Å²) in [5, 5.41) is 13.5. The maximum Gasteiger partial charge on any atom is 0.338 e. The van der Waals surface area contributed by atoms with Gasteiger partial charge in [-0.2, -0.15) is 0 Å².